The van der Waals surface area contributed by atoms with Crippen molar-refractivity contribution < 1.29 is 13.2 Å². The maximum Gasteiger partial charge on any atom is 0.266 e. The molecule has 0 bridgehead atoms. The van der Waals surface area contributed by atoms with Crippen LogP contribution in [0.3, 0.4) is 0 Å². The Morgan fingerprint density at radius 1 is 0.955 bits per heavy atom. The molecular formula is C15H21N3O3S. The van der Waals surface area contributed by atoms with E-state index in [0.717, 1.165) is 36.2 Å². The van der Waals surface area contributed by atoms with Gasteiger partial charge in [-0.3, -0.25) is 4.79 Å². The summed E-state index contributed by atoms with van der Waals surface area (Å²) in [6.07, 6.45) is 0.927. The van der Waals surface area contributed by atoms with Crippen LogP contribution in [-0.4, -0.2) is 63.3 Å². The fraction of sp³-hybridized carbons (Fsp3) is 0.533. The van der Waals surface area contributed by atoms with E-state index in [1.165, 1.54) is 0 Å². The second kappa shape index (κ2) is 5.89. The highest BCUT2D eigenvalue weighted by molar-refractivity contribution is 7.89. The number of carbonyl (C=O) groups excluding carboxylic acids is 1. The number of hydrogen-bond acceptors (Lipinski definition) is 5. The van der Waals surface area contributed by atoms with Crippen molar-refractivity contribution in [3.63, 3.8) is 0 Å². The highest BCUT2D eigenvalue weighted by Gasteiger charge is 2.32. The zero-order chi connectivity index (χ0) is 15.7. The van der Waals surface area contributed by atoms with Crippen LogP contribution in [0.25, 0.3) is 0 Å². The molecule has 0 atom stereocenters. The lowest BCUT2D eigenvalue weighted by molar-refractivity contribution is -0.123. The number of sulfonamides is 1. The largest absolute Gasteiger partial charge is 0.369 e. The first-order valence-electron chi connectivity index (χ1n) is 7.57. The number of anilines is 1. The predicted octanol–water partition coefficient (Wildman–Crippen LogP) is 0.749. The van der Waals surface area contributed by atoms with Gasteiger partial charge in [-0.1, -0.05) is 0 Å². The minimum Gasteiger partial charge on any atom is -0.369 e. The van der Waals surface area contributed by atoms with Gasteiger partial charge in [-0.2, -0.15) is 0 Å². The van der Waals surface area contributed by atoms with E-state index in [0.29, 0.717) is 19.4 Å². The predicted molar refractivity (Wildman–Crippen MR) is 84.3 cm³/mol. The Kier molecular flexibility index (Phi) is 4.10. The Labute approximate surface area is 131 Å². The molecule has 2 aliphatic heterocycles. The topological polar surface area (TPSA) is 60.9 Å². The first-order chi connectivity index (χ1) is 10.5. The Balaban J connectivity index is 1.78. The molecule has 0 aromatic heterocycles. The smallest absolute Gasteiger partial charge is 0.266 e. The van der Waals surface area contributed by atoms with Gasteiger partial charge in [0.2, 0.25) is 5.91 Å². The molecule has 3 rings (SSSR count). The third kappa shape index (κ3) is 2.83. The van der Waals surface area contributed by atoms with Gasteiger partial charge in [0.05, 0.1) is 4.90 Å². The molecule has 1 aromatic rings. The number of nitrogens with zero attached hydrogens (tertiary/aromatic N) is 3. The Hall–Kier alpha value is -1.60. The molecule has 0 spiro atoms. The standard InChI is InChI=1S/C15H21N3O3S/c1-16-9-11-17(12-10-16)13-4-6-14(7-5-13)22(20,21)18-8-2-3-15(18)19/h4-7H,2-3,8-12H2,1H3. The molecule has 2 aliphatic rings. The van der Waals surface area contributed by atoms with Crippen molar-refractivity contribution in [3.05, 3.63) is 24.3 Å². The fourth-order valence-corrected chi connectivity index (χ4v) is 4.36. The number of amides is 1. The van der Waals surface area contributed by atoms with E-state index in [4.69, 9.17) is 0 Å². The molecule has 120 valence electrons. The molecule has 22 heavy (non-hydrogen) atoms. The van der Waals surface area contributed by atoms with E-state index in [1.54, 1.807) is 12.1 Å². The van der Waals surface area contributed by atoms with Gasteiger partial charge in [-0.25, -0.2) is 12.7 Å². The summed E-state index contributed by atoms with van der Waals surface area (Å²) in [5.74, 6) is -0.303. The molecule has 6 nitrogen and oxygen atoms in total. The van der Waals surface area contributed by atoms with Crippen molar-refractivity contribution in [2.24, 2.45) is 0 Å². The monoisotopic (exact) mass is 323 g/mol. The Morgan fingerprint density at radius 3 is 2.14 bits per heavy atom. The highest BCUT2D eigenvalue weighted by atomic mass is 32.2. The molecule has 2 saturated heterocycles. The van der Waals surface area contributed by atoms with Gasteiger partial charge in [-0.05, 0) is 37.7 Å². The van der Waals surface area contributed by atoms with Crippen LogP contribution in [-0.2, 0) is 14.8 Å². The summed E-state index contributed by atoms with van der Waals surface area (Å²) in [4.78, 5) is 16.4. The average molecular weight is 323 g/mol. The summed E-state index contributed by atoms with van der Waals surface area (Å²) in [6.45, 7) is 4.17. The van der Waals surface area contributed by atoms with Gasteiger partial charge in [0, 0.05) is 44.8 Å². The van der Waals surface area contributed by atoms with Crippen LogP contribution in [0, 0.1) is 0 Å². The van der Waals surface area contributed by atoms with E-state index in [2.05, 4.69) is 16.8 Å². The van der Waals surface area contributed by atoms with E-state index in [-0.39, 0.29) is 10.8 Å². The average Bonchev–Trinajstić information content (AvgIpc) is 2.95. The summed E-state index contributed by atoms with van der Waals surface area (Å²) < 4.78 is 25.9. The Morgan fingerprint density at radius 2 is 1.59 bits per heavy atom. The summed E-state index contributed by atoms with van der Waals surface area (Å²) >= 11 is 0. The van der Waals surface area contributed by atoms with Crippen molar-refractivity contribution >= 4 is 21.6 Å². The molecule has 2 fully saturated rings. The molecular weight excluding hydrogens is 302 g/mol. The molecule has 0 N–H and O–H groups in total. The molecule has 2 heterocycles. The van der Waals surface area contributed by atoms with E-state index >= 15 is 0 Å². The third-order valence-corrected chi connectivity index (χ3v) is 6.16. The molecule has 1 aromatic carbocycles. The van der Waals surface area contributed by atoms with E-state index in [9.17, 15) is 13.2 Å². The van der Waals surface area contributed by atoms with E-state index in [1.807, 2.05) is 12.1 Å². The lowest BCUT2D eigenvalue weighted by Gasteiger charge is -2.34. The van der Waals surface area contributed by atoms with Crippen molar-refractivity contribution in [3.8, 4) is 0 Å². The summed E-state index contributed by atoms with van der Waals surface area (Å²) in [6, 6.07) is 6.88. The van der Waals surface area contributed by atoms with Crippen LogP contribution in [0.5, 0.6) is 0 Å². The zero-order valence-electron chi connectivity index (χ0n) is 12.7. The quantitative estimate of drug-likeness (QED) is 0.821. The molecule has 0 saturated carbocycles. The van der Waals surface area contributed by atoms with Gasteiger partial charge in [0.15, 0.2) is 0 Å². The van der Waals surface area contributed by atoms with Crippen LogP contribution in [0.15, 0.2) is 29.2 Å². The van der Waals surface area contributed by atoms with Crippen molar-refractivity contribution in [2.75, 3.05) is 44.7 Å². The third-order valence-electron chi connectivity index (χ3n) is 4.32. The summed E-state index contributed by atoms with van der Waals surface area (Å²) in [5.41, 5.74) is 1.03. The first-order valence-corrected chi connectivity index (χ1v) is 9.01. The normalized spacial score (nSPS) is 20.7. The van der Waals surface area contributed by atoms with Crippen molar-refractivity contribution in [2.45, 2.75) is 17.7 Å². The van der Waals surface area contributed by atoms with Crippen molar-refractivity contribution in [1.82, 2.24) is 9.21 Å². The second-order valence-corrected chi connectivity index (χ2v) is 7.72. The lowest BCUT2D eigenvalue weighted by Crippen LogP contribution is -2.44. The van der Waals surface area contributed by atoms with Gasteiger partial charge in [-0.15, -0.1) is 0 Å². The molecule has 0 radical (unpaired) electrons. The lowest BCUT2D eigenvalue weighted by atomic mass is 10.2. The maximum absolute atomic E-state index is 12.5. The van der Waals surface area contributed by atoms with Crippen molar-refractivity contribution in [1.29, 1.82) is 0 Å². The van der Waals surface area contributed by atoms with Crippen LogP contribution in [0.1, 0.15) is 12.8 Å². The van der Waals surface area contributed by atoms with Crippen LogP contribution in [0.2, 0.25) is 0 Å². The minimum absolute atomic E-state index is 0.195. The fourth-order valence-electron chi connectivity index (χ4n) is 2.90. The van der Waals surface area contributed by atoms with Gasteiger partial charge in [0.25, 0.3) is 10.0 Å². The van der Waals surface area contributed by atoms with Gasteiger partial charge >= 0.3 is 0 Å². The summed E-state index contributed by atoms with van der Waals surface area (Å²) in [7, 11) is -1.59. The van der Waals surface area contributed by atoms with Gasteiger partial charge in [0.1, 0.15) is 0 Å². The Bertz CT molecular complexity index is 649. The first kappa shape index (κ1) is 15.3. The number of likely N-dealkylation sites (N-methyl/N-ethyl adjacent to an activating group) is 1. The number of carbonyl (C=O) groups is 1. The maximum atomic E-state index is 12.5. The van der Waals surface area contributed by atoms with E-state index < -0.39 is 10.0 Å². The van der Waals surface area contributed by atoms with Gasteiger partial charge < -0.3 is 9.80 Å². The molecule has 1 amide bonds. The number of piperazine rings is 1. The number of hydrogen-bond donors (Lipinski definition) is 0. The zero-order valence-corrected chi connectivity index (χ0v) is 13.6. The minimum atomic E-state index is -3.69. The summed E-state index contributed by atoms with van der Waals surface area (Å²) in [5, 5.41) is 0. The molecule has 0 unspecified atom stereocenters. The SMILES string of the molecule is CN1CCN(c2ccc(S(=O)(=O)N3CCCC3=O)cc2)CC1. The number of benzene rings is 1. The molecule has 0 aliphatic carbocycles. The molecule has 7 heteroatoms. The highest BCUT2D eigenvalue weighted by Crippen LogP contribution is 2.24. The van der Waals surface area contributed by atoms with Crippen LogP contribution < -0.4 is 4.90 Å². The van der Waals surface area contributed by atoms with Crippen LogP contribution >= 0.6 is 0 Å². The second-order valence-electron chi connectivity index (χ2n) is 5.86. The number of rotatable bonds is 3. The van der Waals surface area contributed by atoms with Crippen LogP contribution in [0.4, 0.5) is 5.69 Å².